The van der Waals surface area contributed by atoms with E-state index in [1.165, 1.54) is 23.2 Å². The zero-order valence-corrected chi connectivity index (χ0v) is 11.1. The van der Waals surface area contributed by atoms with Crippen molar-refractivity contribution in [3.8, 4) is 0 Å². The van der Waals surface area contributed by atoms with Crippen molar-refractivity contribution >= 4 is 5.69 Å². The van der Waals surface area contributed by atoms with Crippen LogP contribution in [0.4, 0.5) is 5.69 Å². The second-order valence-corrected chi connectivity index (χ2v) is 5.22. The summed E-state index contributed by atoms with van der Waals surface area (Å²) < 4.78 is 0. The molecule has 2 N–H and O–H groups in total. The predicted octanol–water partition coefficient (Wildman–Crippen LogP) is 3.06. The topological polar surface area (TPSA) is 24.1 Å². The van der Waals surface area contributed by atoms with Crippen LogP contribution in [-0.2, 0) is 13.0 Å². The third-order valence-electron chi connectivity index (χ3n) is 3.71. The van der Waals surface area contributed by atoms with E-state index in [0.717, 1.165) is 19.6 Å². The molecular formula is C17H20N2. The molecule has 2 nitrogen and oxygen atoms in total. The fourth-order valence-corrected chi connectivity index (χ4v) is 2.67. The fraction of sp³-hybridized carbons (Fsp3) is 0.294. The van der Waals surface area contributed by atoms with Gasteiger partial charge in [-0.05, 0) is 29.5 Å². The lowest BCUT2D eigenvalue weighted by molar-refractivity contribution is 0.483. The third-order valence-corrected chi connectivity index (χ3v) is 3.71. The molecule has 19 heavy (non-hydrogen) atoms. The minimum Gasteiger partial charge on any atom is -0.384 e. The molecule has 1 unspecified atom stereocenters. The first-order chi connectivity index (χ1) is 9.42. The quantitative estimate of drug-likeness (QED) is 0.874. The molecular weight excluding hydrogens is 232 g/mol. The van der Waals surface area contributed by atoms with Crippen LogP contribution < -0.4 is 10.6 Å². The van der Waals surface area contributed by atoms with Crippen molar-refractivity contribution < 1.29 is 0 Å². The van der Waals surface area contributed by atoms with Crippen LogP contribution in [0.1, 0.15) is 11.1 Å². The van der Waals surface area contributed by atoms with Crippen molar-refractivity contribution in [2.24, 2.45) is 5.92 Å². The number of rotatable bonds is 4. The molecule has 3 rings (SSSR count). The Morgan fingerprint density at radius 3 is 2.68 bits per heavy atom. The molecule has 98 valence electrons. The molecule has 2 heteroatoms. The van der Waals surface area contributed by atoms with E-state index >= 15 is 0 Å². The summed E-state index contributed by atoms with van der Waals surface area (Å²) in [7, 11) is 0. The SMILES string of the molecule is c1ccc(CNCC2CNc3ccccc3C2)cc1. The molecule has 2 aromatic carbocycles. The van der Waals surface area contributed by atoms with E-state index in [1.54, 1.807) is 0 Å². The summed E-state index contributed by atoms with van der Waals surface area (Å²) in [6.45, 7) is 3.09. The van der Waals surface area contributed by atoms with E-state index in [1.807, 2.05) is 0 Å². The van der Waals surface area contributed by atoms with Crippen LogP contribution in [0.3, 0.4) is 0 Å². The number of hydrogen-bond acceptors (Lipinski definition) is 2. The van der Waals surface area contributed by atoms with Crippen LogP contribution in [0, 0.1) is 5.92 Å². The molecule has 0 bridgehead atoms. The van der Waals surface area contributed by atoms with Gasteiger partial charge in [0.1, 0.15) is 0 Å². The Balaban J connectivity index is 1.50. The van der Waals surface area contributed by atoms with Gasteiger partial charge in [-0.1, -0.05) is 48.5 Å². The van der Waals surface area contributed by atoms with Crippen LogP contribution in [0.25, 0.3) is 0 Å². The van der Waals surface area contributed by atoms with Crippen molar-refractivity contribution in [2.45, 2.75) is 13.0 Å². The highest BCUT2D eigenvalue weighted by Gasteiger charge is 2.16. The van der Waals surface area contributed by atoms with Gasteiger partial charge in [0.15, 0.2) is 0 Å². The van der Waals surface area contributed by atoms with Gasteiger partial charge >= 0.3 is 0 Å². The average Bonchev–Trinajstić information content (AvgIpc) is 2.48. The van der Waals surface area contributed by atoms with E-state index in [0.29, 0.717) is 5.92 Å². The minimum atomic E-state index is 0.679. The molecule has 0 aromatic heterocycles. The Morgan fingerprint density at radius 1 is 1.00 bits per heavy atom. The van der Waals surface area contributed by atoms with Crippen molar-refractivity contribution in [3.05, 3.63) is 65.7 Å². The Bertz CT molecular complexity index is 522. The Hall–Kier alpha value is -1.80. The van der Waals surface area contributed by atoms with Crippen molar-refractivity contribution in [1.82, 2.24) is 5.32 Å². The molecule has 0 spiro atoms. The molecule has 0 radical (unpaired) electrons. The van der Waals surface area contributed by atoms with Crippen LogP contribution >= 0.6 is 0 Å². The molecule has 0 aliphatic carbocycles. The molecule has 0 saturated carbocycles. The van der Waals surface area contributed by atoms with E-state index < -0.39 is 0 Å². The number of hydrogen-bond donors (Lipinski definition) is 2. The lowest BCUT2D eigenvalue weighted by Gasteiger charge is -2.26. The summed E-state index contributed by atoms with van der Waals surface area (Å²) in [5.41, 5.74) is 4.11. The van der Waals surface area contributed by atoms with Crippen LogP contribution in [0.5, 0.6) is 0 Å². The second-order valence-electron chi connectivity index (χ2n) is 5.22. The molecule has 1 heterocycles. The Kier molecular flexibility index (Phi) is 3.80. The smallest absolute Gasteiger partial charge is 0.0372 e. The third kappa shape index (κ3) is 3.15. The monoisotopic (exact) mass is 252 g/mol. The van der Waals surface area contributed by atoms with Gasteiger partial charge in [0, 0.05) is 25.3 Å². The summed E-state index contributed by atoms with van der Waals surface area (Å²) in [6.07, 6.45) is 1.17. The van der Waals surface area contributed by atoms with Crippen molar-refractivity contribution in [2.75, 3.05) is 18.4 Å². The van der Waals surface area contributed by atoms with Crippen LogP contribution in [-0.4, -0.2) is 13.1 Å². The maximum absolute atomic E-state index is 3.56. The highest BCUT2D eigenvalue weighted by Crippen LogP contribution is 2.23. The maximum Gasteiger partial charge on any atom is 0.0372 e. The van der Waals surface area contributed by atoms with Gasteiger partial charge in [0.05, 0.1) is 0 Å². The van der Waals surface area contributed by atoms with Crippen molar-refractivity contribution in [1.29, 1.82) is 0 Å². The average molecular weight is 252 g/mol. The first-order valence-corrected chi connectivity index (χ1v) is 6.98. The number of nitrogens with one attached hydrogen (secondary N) is 2. The van der Waals surface area contributed by atoms with Gasteiger partial charge in [-0.2, -0.15) is 0 Å². The maximum atomic E-state index is 3.56. The summed E-state index contributed by atoms with van der Waals surface area (Å²) in [5, 5.41) is 7.08. The molecule has 1 aliphatic rings. The van der Waals surface area contributed by atoms with Crippen LogP contribution in [0.15, 0.2) is 54.6 Å². The molecule has 0 fully saturated rings. The summed E-state index contributed by atoms with van der Waals surface area (Å²) >= 11 is 0. The van der Waals surface area contributed by atoms with E-state index in [-0.39, 0.29) is 0 Å². The van der Waals surface area contributed by atoms with Crippen LogP contribution in [0.2, 0.25) is 0 Å². The summed E-state index contributed by atoms with van der Waals surface area (Å²) in [6, 6.07) is 19.2. The highest BCUT2D eigenvalue weighted by atomic mass is 14.9. The van der Waals surface area contributed by atoms with Gasteiger partial charge in [0.2, 0.25) is 0 Å². The normalized spacial score (nSPS) is 17.6. The number of fused-ring (bicyclic) bond motifs is 1. The van der Waals surface area contributed by atoms with Gasteiger partial charge in [-0.25, -0.2) is 0 Å². The standard InChI is InChI=1S/C17H20N2/c1-2-6-14(7-3-1)11-18-12-15-10-16-8-4-5-9-17(16)19-13-15/h1-9,15,18-19H,10-13H2. The molecule has 0 amide bonds. The zero-order chi connectivity index (χ0) is 12.9. The second kappa shape index (κ2) is 5.89. The number of para-hydroxylation sites is 1. The first-order valence-electron chi connectivity index (χ1n) is 6.98. The largest absolute Gasteiger partial charge is 0.384 e. The lowest BCUT2D eigenvalue weighted by atomic mass is 9.94. The Labute approximate surface area is 114 Å². The van der Waals surface area contributed by atoms with Gasteiger partial charge in [-0.3, -0.25) is 0 Å². The minimum absolute atomic E-state index is 0.679. The number of anilines is 1. The van der Waals surface area contributed by atoms with E-state index in [4.69, 9.17) is 0 Å². The highest BCUT2D eigenvalue weighted by molar-refractivity contribution is 5.53. The Morgan fingerprint density at radius 2 is 1.79 bits per heavy atom. The van der Waals surface area contributed by atoms with Gasteiger partial charge in [-0.15, -0.1) is 0 Å². The molecule has 1 atom stereocenters. The van der Waals surface area contributed by atoms with Gasteiger partial charge < -0.3 is 10.6 Å². The first kappa shape index (κ1) is 12.2. The van der Waals surface area contributed by atoms with Gasteiger partial charge in [0.25, 0.3) is 0 Å². The molecule has 2 aromatic rings. The molecule has 0 saturated heterocycles. The lowest BCUT2D eigenvalue weighted by Crippen LogP contribution is -2.32. The van der Waals surface area contributed by atoms with E-state index in [9.17, 15) is 0 Å². The number of benzene rings is 2. The zero-order valence-electron chi connectivity index (χ0n) is 11.1. The van der Waals surface area contributed by atoms with E-state index in [2.05, 4.69) is 65.2 Å². The van der Waals surface area contributed by atoms with Crippen molar-refractivity contribution in [3.63, 3.8) is 0 Å². The predicted molar refractivity (Wildman–Crippen MR) is 80.3 cm³/mol. The molecule has 1 aliphatic heterocycles. The fourth-order valence-electron chi connectivity index (χ4n) is 2.67. The summed E-state index contributed by atoms with van der Waals surface area (Å²) in [4.78, 5) is 0. The summed E-state index contributed by atoms with van der Waals surface area (Å²) in [5.74, 6) is 0.679.